The number of benzene rings is 1. The number of rotatable bonds is 3. The molecule has 0 aromatic heterocycles. The lowest BCUT2D eigenvalue weighted by Crippen LogP contribution is -2.64. The number of hydrogen-bond donors (Lipinski definition) is 4. The maximum atomic E-state index is 13.9. The van der Waals surface area contributed by atoms with Crippen molar-refractivity contribution >= 4 is 5.91 Å². The highest BCUT2D eigenvalue weighted by Gasteiger charge is 2.51. The smallest absolute Gasteiger partial charge is 0.361 e. The van der Waals surface area contributed by atoms with Crippen molar-refractivity contribution in [3.63, 3.8) is 0 Å². The van der Waals surface area contributed by atoms with Crippen molar-refractivity contribution < 1.29 is 31.9 Å². The number of aliphatic hydroxyl groups excluding tert-OH is 1. The molecule has 6 nitrogen and oxygen atoms in total. The van der Waals surface area contributed by atoms with Gasteiger partial charge in [-0.2, -0.15) is 13.2 Å². The molecule has 2 heterocycles. The van der Waals surface area contributed by atoms with Gasteiger partial charge < -0.3 is 10.4 Å². The second kappa shape index (κ2) is 6.72. The minimum absolute atomic E-state index is 0.198. The summed E-state index contributed by atoms with van der Waals surface area (Å²) in [5.74, 6) is -2.86. The largest absolute Gasteiger partial charge is 0.419 e. The molecule has 5 atom stereocenters. The highest BCUT2D eigenvalue weighted by atomic mass is 19.4. The van der Waals surface area contributed by atoms with E-state index in [1.165, 1.54) is 5.01 Å². The van der Waals surface area contributed by atoms with Crippen LogP contribution in [0.3, 0.4) is 0 Å². The van der Waals surface area contributed by atoms with Crippen LogP contribution < -0.4 is 16.1 Å². The molecule has 26 heavy (non-hydrogen) atoms. The number of nitrogens with zero attached hydrogens (tertiary/aromatic N) is 1. The highest BCUT2D eigenvalue weighted by molar-refractivity contribution is 5.81. The van der Waals surface area contributed by atoms with Crippen molar-refractivity contribution in [1.29, 1.82) is 0 Å². The van der Waals surface area contributed by atoms with Crippen LogP contribution in [0.15, 0.2) is 18.2 Å². The zero-order valence-electron chi connectivity index (χ0n) is 13.5. The number of carbonyl (C=O) groups excluding carboxylic acids is 1. The van der Waals surface area contributed by atoms with Crippen molar-refractivity contribution in [2.24, 2.45) is 5.92 Å². The normalized spacial score (nSPS) is 30.8. The van der Waals surface area contributed by atoms with Crippen molar-refractivity contribution in [1.82, 2.24) is 21.1 Å². The zero-order valence-corrected chi connectivity index (χ0v) is 13.5. The van der Waals surface area contributed by atoms with Crippen molar-refractivity contribution in [3.05, 3.63) is 35.1 Å². The van der Waals surface area contributed by atoms with E-state index >= 15 is 0 Å². The van der Waals surface area contributed by atoms with Gasteiger partial charge >= 0.3 is 6.18 Å². The van der Waals surface area contributed by atoms with Gasteiger partial charge in [-0.1, -0.05) is 6.07 Å². The minimum atomic E-state index is -4.81. The van der Waals surface area contributed by atoms with Gasteiger partial charge in [0.05, 0.1) is 23.7 Å². The van der Waals surface area contributed by atoms with E-state index in [4.69, 9.17) is 0 Å². The molecule has 11 heteroatoms. The van der Waals surface area contributed by atoms with Gasteiger partial charge in [0.2, 0.25) is 5.91 Å². The molecule has 2 aliphatic rings. The van der Waals surface area contributed by atoms with Crippen molar-refractivity contribution in [2.45, 2.75) is 37.7 Å². The number of halogens is 5. The summed E-state index contributed by atoms with van der Waals surface area (Å²) in [5, 5.41) is 16.0. The Morgan fingerprint density at radius 2 is 2.04 bits per heavy atom. The highest BCUT2D eigenvalue weighted by Crippen LogP contribution is 2.35. The molecule has 1 aromatic rings. The Labute approximate surface area is 145 Å². The fraction of sp³-hybridized carbons (Fsp3) is 0.533. The van der Waals surface area contributed by atoms with E-state index in [0.29, 0.717) is 6.07 Å². The van der Waals surface area contributed by atoms with Gasteiger partial charge in [0.15, 0.2) is 6.35 Å². The summed E-state index contributed by atoms with van der Waals surface area (Å²) >= 11 is 0. The van der Waals surface area contributed by atoms with Gasteiger partial charge in [-0.15, -0.1) is 0 Å². The Morgan fingerprint density at radius 1 is 1.35 bits per heavy atom. The molecular formula is C15H17F5N4O2. The van der Waals surface area contributed by atoms with Gasteiger partial charge in [-0.25, -0.2) is 19.2 Å². The monoisotopic (exact) mass is 380 g/mol. The molecular weight excluding hydrogens is 363 g/mol. The van der Waals surface area contributed by atoms with E-state index in [1.54, 1.807) is 6.92 Å². The van der Waals surface area contributed by atoms with E-state index in [0.717, 1.165) is 12.1 Å². The summed E-state index contributed by atoms with van der Waals surface area (Å²) in [4.78, 5) is 12.0. The number of amides is 1. The average molecular weight is 380 g/mol. The topological polar surface area (TPSA) is 76.6 Å². The number of fused-ring (bicyclic) bond motifs is 1. The van der Waals surface area contributed by atoms with Gasteiger partial charge in [0.25, 0.3) is 0 Å². The van der Waals surface area contributed by atoms with Crippen LogP contribution in [0.25, 0.3) is 0 Å². The van der Waals surface area contributed by atoms with E-state index in [-0.39, 0.29) is 5.56 Å². The van der Waals surface area contributed by atoms with E-state index in [1.807, 2.05) is 0 Å². The maximum Gasteiger partial charge on any atom is 0.419 e. The molecule has 4 N–H and O–H groups in total. The summed E-state index contributed by atoms with van der Waals surface area (Å²) in [6.45, 7) is 0.685. The zero-order chi connectivity index (χ0) is 19.2. The Balaban J connectivity index is 1.88. The molecule has 1 amide bonds. The Kier molecular flexibility index (Phi) is 4.90. The molecule has 2 fully saturated rings. The predicted octanol–water partition coefficient (Wildman–Crippen LogP) is 1.00. The quantitative estimate of drug-likeness (QED) is 0.589. The molecule has 1 aromatic carbocycles. The van der Waals surface area contributed by atoms with Crippen LogP contribution in [0.1, 0.15) is 24.1 Å². The number of aliphatic hydroxyl groups is 1. The lowest BCUT2D eigenvalue weighted by Gasteiger charge is -2.37. The lowest BCUT2D eigenvalue weighted by atomic mass is 9.96. The van der Waals surface area contributed by atoms with Gasteiger partial charge in [0, 0.05) is 6.04 Å². The summed E-state index contributed by atoms with van der Waals surface area (Å²) < 4.78 is 65.2. The van der Waals surface area contributed by atoms with E-state index in [2.05, 4.69) is 16.1 Å². The average Bonchev–Trinajstić information content (AvgIpc) is 2.91. The molecule has 3 rings (SSSR count). The molecule has 0 saturated carbocycles. The fourth-order valence-corrected chi connectivity index (χ4v) is 3.35. The molecule has 144 valence electrons. The van der Waals surface area contributed by atoms with Crippen LogP contribution in [0.5, 0.6) is 0 Å². The second-order valence-electron chi connectivity index (χ2n) is 6.26. The van der Waals surface area contributed by atoms with Crippen molar-refractivity contribution in [2.75, 3.05) is 6.67 Å². The van der Waals surface area contributed by atoms with Crippen LogP contribution in [0.4, 0.5) is 22.0 Å². The third kappa shape index (κ3) is 3.27. The predicted molar refractivity (Wildman–Crippen MR) is 79.1 cm³/mol. The summed E-state index contributed by atoms with van der Waals surface area (Å²) in [7, 11) is 0. The third-order valence-corrected chi connectivity index (χ3v) is 4.66. The van der Waals surface area contributed by atoms with E-state index < -0.39 is 60.7 Å². The number of nitrogens with one attached hydrogen (secondary N) is 3. The summed E-state index contributed by atoms with van der Waals surface area (Å²) in [6.07, 6.45) is -6.99. The lowest BCUT2D eigenvalue weighted by molar-refractivity contribution is -0.140. The molecule has 0 radical (unpaired) electrons. The first-order valence-electron chi connectivity index (χ1n) is 7.85. The number of carbonyl (C=O) groups is 1. The Hall–Kier alpha value is -1.82. The Bertz CT molecular complexity index is 701. The molecule has 0 aliphatic carbocycles. The second-order valence-corrected chi connectivity index (χ2v) is 6.26. The standard InChI is InChI=1S/C15H17F5N4O2/c1-6(7-2-3-8(9(17)4-7)15(18,19)20)24-12-11(10(5-16)23-24)13(25)22-14(26)21-12/h2-4,6,10-12,14,21,23,26H,5H2,1H3,(H,22,25)/t6-,10?,11?,12?,14?/m1/s1. The minimum Gasteiger partial charge on any atom is -0.361 e. The molecule has 0 spiro atoms. The van der Waals surface area contributed by atoms with Crippen LogP contribution in [-0.2, 0) is 11.0 Å². The first-order chi connectivity index (χ1) is 12.1. The summed E-state index contributed by atoms with van der Waals surface area (Å²) in [5.41, 5.74) is 1.59. The van der Waals surface area contributed by atoms with Crippen LogP contribution in [-0.4, -0.2) is 41.3 Å². The van der Waals surface area contributed by atoms with Gasteiger partial charge in [-0.05, 0) is 24.6 Å². The fourth-order valence-electron chi connectivity index (χ4n) is 3.35. The van der Waals surface area contributed by atoms with Crippen molar-refractivity contribution in [3.8, 4) is 0 Å². The molecule has 2 saturated heterocycles. The first-order valence-corrected chi connectivity index (χ1v) is 7.85. The van der Waals surface area contributed by atoms with Gasteiger partial charge in [-0.3, -0.25) is 10.1 Å². The first kappa shape index (κ1) is 19.0. The van der Waals surface area contributed by atoms with E-state index in [9.17, 15) is 31.9 Å². The van der Waals surface area contributed by atoms with Gasteiger partial charge in [0.1, 0.15) is 12.5 Å². The van der Waals surface area contributed by atoms with Crippen LogP contribution in [0, 0.1) is 11.7 Å². The molecule has 0 bridgehead atoms. The van der Waals surface area contributed by atoms with Crippen LogP contribution in [0.2, 0.25) is 0 Å². The molecule has 2 aliphatic heterocycles. The summed E-state index contributed by atoms with van der Waals surface area (Å²) in [6, 6.07) is 0.918. The Morgan fingerprint density at radius 3 is 2.62 bits per heavy atom. The number of hydrazine groups is 1. The van der Waals surface area contributed by atoms with Crippen LogP contribution >= 0.6 is 0 Å². The molecule has 4 unspecified atom stereocenters. The number of alkyl halides is 4. The SMILES string of the molecule is C[C@H](c1ccc(C(F)(F)F)c(F)c1)N1NC(CF)C2C(=O)NC(O)NC21. The number of hydrogen-bond acceptors (Lipinski definition) is 5. The maximum absolute atomic E-state index is 13.9. The third-order valence-electron chi connectivity index (χ3n) is 4.66.